The fourth-order valence-electron chi connectivity index (χ4n) is 2.41. The van der Waals surface area contributed by atoms with Gasteiger partial charge in [0.25, 0.3) is 0 Å². The Kier molecular flexibility index (Phi) is 5.33. The first-order valence-electron chi connectivity index (χ1n) is 7.43. The summed E-state index contributed by atoms with van der Waals surface area (Å²) in [5, 5.41) is 8.63. The van der Waals surface area contributed by atoms with Gasteiger partial charge >= 0.3 is 11.8 Å². The summed E-state index contributed by atoms with van der Waals surface area (Å²) >= 11 is 0. The van der Waals surface area contributed by atoms with Crippen molar-refractivity contribution in [1.82, 2.24) is 10.6 Å². The molecule has 5 nitrogen and oxygen atoms in total. The van der Waals surface area contributed by atoms with E-state index in [0.717, 1.165) is 37.1 Å². The minimum Gasteiger partial charge on any atom is -0.348 e. The Morgan fingerprint density at radius 2 is 1.86 bits per heavy atom. The second-order valence-corrected chi connectivity index (χ2v) is 5.66. The van der Waals surface area contributed by atoms with E-state index in [-0.39, 0.29) is 0 Å². The van der Waals surface area contributed by atoms with Crippen LogP contribution in [-0.4, -0.2) is 31.4 Å². The quantitative estimate of drug-likeness (QED) is 0.736. The molecule has 1 fully saturated rings. The molecular formula is C16H23N3O2. The zero-order valence-electron chi connectivity index (χ0n) is 12.7. The van der Waals surface area contributed by atoms with E-state index in [1.165, 1.54) is 0 Å². The molecule has 0 bridgehead atoms. The number of rotatable bonds is 3. The van der Waals surface area contributed by atoms with Crippen LogP contribution in [0.4, 0.5) is 5.69 Å². The fourth-order valence-corrected chi connectivity index (χ4v) is 2.41. The Bertz CT molecular complexity index is 522. The van der Waals surface area contributed by atoms with E-state index in [2.05, 4.69) is 16.0 Å². The molecule has 1 aliphatic rings. The van der Waals surface area contributed by atoms with Crippen molar-refractivity contribution >= 4 is 17.5 Å². The number of amides is 2. The second-order valence-electron chi connectivity index (χ2n) is 5.66. The van der Waals surface area contributed by atoms with Crippen LogP contribution in [-0.2, 0) is 9.59 Å². The van der Waals surface area contributed by atoms with Crippen LogP contribution < -0.4 is 16.0 Å². The molecule has 0 atom stereocenters. The number of anilines is 1. The largest absolute Gasteiger partial charge is 0.348 e. The summed E-state index contributed by atoms with van der Waals surface area (Å²) in [7, 11) is 0. The van der Waals surface area contributed by atoms with Crippen LogP contribution in [0.1, 0.15) is 24.0 Å². The molecule has 5 heteroatoms. The molecule has 114 valence electrons. The van der Waals surface area contributed by atoms with Crippen molar-refractivity contribution in [2.24, 2.45) is 5.92 Å². The first kappa shape index (κ1) is 15.5. The average molecular weight is 289 g/mol. The van der Waals surface area contributed by atoms with Crippen LogP contribution in [0.3, 0.4) is 0 Å². The second kappa shape index (κ2) is 7.22. The standard InChI is InChI=1S/C16H23N3O2/c1-11-3-4-14(9-12(11)2)19-16(21)15(20)18-10-13-5-7-17-8-6-13/h3-4,9,13,17H,5-8,10H2,1-2H3,(H,18,20)(H,19,21). The van der Waals surface area contributed by atoms with E-state index in [1.807, 2.05) is 26.0 Å². The zero-order chi connectivity index (χ0) is 15.2. The maximum Gasteiger partial charge on any atom is 0.313 e. The maximum absolute atomic E-state index is 11.8. The van der Waals surface area contributed by atoms with Crippen LogP contribution in [0.25, 0.3) is 0 Å². The summed E-state index contributed by atoms with van der Waals surface area (Å²) in [5.41, 5.74) is 2.89. The third kappa shape index (κ3) is 4.56. The summed E-state index contributed by atoms with van der Waals surface area (Å²) in [6, 6.07) is 5.60. The lowest BCUT2D eigenvalue weighted by molar-refractivity contribution is -0.136. The van der Waals surface area contributed by atoms with Gasteiger partial charge in [0, 0.05) is 12.2 Å². The molecule has 3 N–H and O–H groups in total. The SMILES string of the molecule is Cc1ccc(NC(=O)C(=O)NCC2CCNCC2)cc1C. The summed E-state index contributed by atoms with van der Waals surface area (Å²) in [5.74, 6) is -0.705. The Balaban J connectivity index is 1.81. The average Bonchev–Trinajstić information content (AvgIpc) is 2.49. The van der Waals surface area contributed by atoms with Gasteiger partial charge in [0.1, 0.15) is 0 Å². The monoisotopic (exact) mass is 289 g/mol. The number of nitrogens with one attached hydrogen (secondary N) is 3. The number of piperidine rings is 1. The van der Waals surface area contributed by atoms with Crippen molar-refractivity contribution in [3.8, 4) is 0 Å². The van der Waals surface area contributed by atoms with Crippen LogP contribution in [0.15, 0.2) is 18.2 Å². The van der Waals surface area contributed by atoms with Crippen molar-refractivity contribution in [3.05, 3.63) is 29.3 Å². The minimum absolute atomic E-state index is 0.463. The van der Waals surface area contributed by atoms with Crippen LogP contribution in [0.5, 0.6) is 0 Å². The summed E-state index contributed by atoms with van der Waals surface area (Å²) in [6.07, 6.45) is 2.08. The van der Waals surface area contributed by atoms with Gasteiger partial charge in [-0.1, -0.05) is 6.07 Å². The van der Waals surface area contributed by atoms with Crippen molar-refractivity contribution in [2.75, 3.05) is 25.0 Å². The Morgan fingerprint density at radius 1 is 1.14 bits per heavy atom. The normalized spacial score (nSPS) is 15.5. The summed E-state index contributed by atoms with van der Waals surface area (Å²) in [6.45, 7) is 6.51. The van der Waals surface area contributed by atoms with Gasteiger partial charge in [0.05, 0.1) is 0 Å². The third-order valence-electron chi connectivity index (χ3n) is 3.98. The molecule has 1 aromatic carbocycles. The summed E-state index contributed by atoms with van der Waals surface area (Å²) in [4.78, 5) is 23.6. The van der Waals surface area contributed by atoms with E-state index < -0.39 is 11.8 Å². The molecule has 1 aliphatic heterocycles. The van der Waals surface area contributed by atoms with Crippen molar-refractivity contribution in [1.29, 1.82) is 0 Å². The van der Waals surface area contributed by atoms with Crippen molar-refractivity contribution in [3.63, 3.8) is 0 Å². The van der Waals surface area contributed by atoms with Gasteiger partial charge in [-0.25, -0.2) is 0 Å². The molecule has 1 aromatic rings. The lowest BCUT2D eigenvalue weighted by Gasteiger charge is -2.22. The number of benzene rings is 1. The van der Waals surface area contributed by atoms with Gasteiger partial charge in [-0.05, 0) is 69.0 Å². The smallest absolute Gasteiger partial charge is 0.313 e. The number of carbonyl (C=O) groups excluding carboxylic acids is 2. The molecule has 21 heavy (non-hydrogen) atoms. The fraction of sp³-hybridized carbons (Fsp3) is 0.500. The number of carbonyl (C=O) groups is 2. The third-order valence-corrected chi connectivity index (χ3v) is 3.98. The van der Waals surface area contributed by atoms with Crippen molar-refractivity contribution < 1.29 is 9.59 Å². The number of hydrogen-bond acceptors (Lipinski definition) is 3. The van der Waals surface area contributed by atoms with Gasteiger partial charge in [-0.2, -0.15) is 0 Å². The highest BCUT2D eigenvalue weighted by molar-refractivity contribution is 6.39. The molecule has 2 rings (SSSR count). The lowest BCUT2D eigenvalue weighted by Crippen LogP contribution is -2.40. The minimum atomic E-state index is -0.604. The molecule has 1 saturated heterocycles. The maximum atomic E-state index is 11.8. The topological polar surface area (TPSA) is 70.2 Å². The molecular weight excluding hydrogens is 266 g/mol. The molecule has 0 radical (unpaired) electrons. The Labute approximate surface area is 125 Å². The molecule has 0 aromatic heterocycles. The van der Waals surface area contributed by atoms with Gasteiger partial charge in [0.15, 0.2) is 0 Å². The Morgan fingerprint density at radius 3 is 2.52 bits per heavy atom. The highest BCUT2D eigenvalue weighted by atomic mass is 16.2. The van der Waals surface area contributed by atoms with Crippen LogP contribution in [0, 0.1) is 19.8 Å². The summed E-state index contributed by atoms with van der Waals surface area (Å²) < 4.78 is 0. The van der Waals surface area contributed by atoms with E-state index in [1.54, 1.807) is 6.07 Å². The van der Waals surface area contributed by atoms with E-state index in [9.17, 15) is 9.59 Å². The number of aryl methyl sites for hydroxylation is 2. The molecule has 2 amide bonds. The highest BCUT2D eigenvalue weighted by Gasteiger charge is 2.17. The van der Waals surface area contributed by atoms with Gasteiger partial charge in [-0.15, -0.1) is 0 Å². The predicted octanol–water partition coefficient (Wildman–Crippen LogP) is 1.36. The molecule has 1 heterocycles. The number of hydrogen-bond donors (Lipinski definition) is 3. The van der Waals surface area contributed by atoms with Crippen LogP contribution >= 0.6 is 0 Å². The first-order chi connectivity index (χ1) is 10.1. The van der Waals surface area contributed by atoms with E-state index >= 15 is 0 Å². The molecule has 0 unspecified atom stereocenters. The molecule has 0 spiro atoms. The highest BCUT2D eigenvalue weighted by Crippen LogP contribution is 2.14. The van der Waals surface area contributed by atoms with Gasteiger partial charge < -0.3 is 16.0 Å². The van der Waals surface area contributed by atoms with Crippen molar-refractivity contribution in [2.45, 2.75) is 26.7 Å². The van der Waals surface area contributed by atoms with E-state index in [0.29, 0.717) is 18.2 Å². The zero-order valence-corrected chi connectivity index (χ0v) is 12.7. The molecule has 0 aliphatic carbocycles. The predicted molar refractivity (Wildman–Crippen MR) is 83.1 cm³/mol. The van der Waals surface area contributed by atoms with Gasteiger partial charge in [-0.3, -0.25) is 9.59 Å². The van der Waals surface area contributed by atoms with Gasteiger partial charge in [0.2, 0.25) is 0 Å². The molecule has 0 saturated carbocycles. The first-order valence-corrected chi connectivity index (χ1v) is 7.43. The Hall–Kier alpha value is -1.88. The van der Waals surface area contributed by atoms with Crippen LogP contribution in [0.2, 0.25) is 0 Å². The van der Waals surface area contributed by atoms with E-state index in [4.69, 9.17) is 0 Å². The lowest BCUT2D eigenvalue weighted by atomic mass is 9.98.